The minimum absolute atomic E-state index is 0. The number of rotatable bonds is 7. The largest absolute Gasteiger partial charge is 1.00 e. The van der Waals surface area contributed by atoms with Gasteiger partial charge in [-0.15, -0.1) is 0 Å². The summed E-state index contributed by atoms with van der Waals surface area (Å²) in [5.41, 5.74) is 3.79. The molecule has 2 aromatic heterocycles. The molecule has 2 fully saturated rings. The van der Waals surface area contributed by atoms with E-state index in [-0.39, 0.29) is 43.2 Å². The van der Waals surface area contributed by atoms with Gasteiger partial charge in [0, 0.05) is 118 Å². The van der Waals surface area contributed by atoms with E-state index in [1.165, 1.54) is 41.7 Å². The van der Waals surface area contributed by atoms with E-state index < -0.39 is 11.2 Å². The second-order valence-electron chi connectivity index (χ2n) is 17.7. The number of benzene rings is 5. The van der Waals surface area contributed by atoms with Crippen molar-refractivity contribution < 1.29 is 50.0 Å². The average molecular weight is 953 g/mol. The number of nitrogens with one attached hydrogen (secondary N) is 2. The van der Waals surface area contributed by atoms with Gasteiger partial charge in [0.2, 0.25) is 0 Å². The molecule has 0 unspecified atom stereocenters. The number of fused-ring (bicyclic) bond motifs is 2. The number of hydrogen-bond donors (Lipinski definition) is 2. The van der Waals surface area contributed by atoms with Crippen molar-refractivity contribution in [3.05, 3.63) is 146 Å². The molecule has 2 aliphatic rings. The topological polar surface area (TPSA) is 97.1 Å². The van der Waals surface area contributed by atoms with E-state index in [1.807, 2.05) is 65.9 Å². The van der Waals surface area contributed by atoms with Gasteiger partial charge in [0.05, 0.1) is 0 Å². The van der Waals surface area contributed by atoms with Crippen LogP contribution in [0.4, 0.5) is 21.0 Å². The third-order valence-electron chi connectivity index (χ3n) is 10.4. The Hall–Kier alpha value is -4.63. The second-order valence-corrected chi connectivity index (χ2v) is 21.1. The summed E-state index contributed by atoms with van der Waals surface area (Å²) in [6, 6.07) is 46.3. The maximum absolute atomic E-state index is 12.3. The summed E-state index contributed by atoms with van der Waals surface area (Å²) in [5, 5.41) is 2.44. The molecular formula is C52H61N6NaO4S3. The van der Waals surface area contributed by atoms with E-state index in [0.29, 0.717) is 26.2 Å². The summed E-state index contributed by atoms with van der Waals surface area (Å²) >= 11 is 1.77. The second kappa shape index (κ2) is 23.9. The fourth-order valence-electron chi connectivity index (χ4n) is 7.21. The molecule has 0 atom stereocenters. The van der Waals surface area contributed by atoms with Crippen LogP contribution in [-0.4, -0.2) is 95.5 Å². The van der Waals surface area contributed by atoms with E-state index in [0.717, 1.165) is 37.2 Å². The normalized spacial score (nSPS) is 14.1. The van der Waals surface area contributed by atoms with Crippen LogP contribution in [-0.2, 0) is 9.47 Å². The summed E-state index contributed by atoms with van der Waals surface area (Å²) in [4.78, 5) is 44.2. The van der Waals surface area contributed by atoms with Gasteiger partial charge in [-0.3, -0.25) is 0 Å². The van der Waals surface area contributed by atoms with Crippen LogP contribution in [0.3, 0.4) is 0 Å². The van der Waals surface area contributed by atoms with Gasteiger partial charge in [0.25, 0.3) is 0 Å². The minimum atomic E-state index is -0.458. The molecule has 0 radical (unpaired) electrons. The van der Waals surface area contributed by atoms with Crippen LogP contribution in [0.1, 0.15) is 43.0 Å². The fourth-order valence-corrected chi connectivity index (χ4v) is 10.1. The van der Waals surface area contributed by atoms with Crippen LogP contribution in [0.25, 0.3) is 21.8 Å². The quantitative estimate of drug-likeness (QED) is 0.120. The molecule has 5 aromatic carbocycles. The Morgan fingerprint density at radius 3 is 1.44 bits per heavy atom. The SMILES string of the molecule is CC(C)(C)OC(=O)N1CCN(c2ccc3[nH]cc(Sc4ccccc4)c3c2)CC1.CC(C)(C)OC(=O)N1CCN(c2ccc3[nH]ccc3c2)CC1.[H-].[Na+].c1ccc(SSc2ccccc2)cc1. The minimum Gasteiger partial charge on any atom is -1.00 e. The van der Waals surface area contributed by atoms with Gasteiger partial charge >= 0.3 is 41.7 Å². The van der Waals surface area contributed by atoms with Gasteiger partial charge in [-0.1, -0.05) is 87.9 Å². The van der Waals surface area contributed by atoms with Crippen molar-refractivity contribution in [1.82, 2.24) is 19.8 Å². The van der Waals surface area contributed by atoms with Crippen LogP contribution < -0.4 is 39.4 Å². The number of aromatic nitrogens is 2. The van der Waals surface area contributed by atoms with Crippen molar-refractivity contribution in [3.8, 4) is 0 Å². The predicted molar refractivity (Wildman–Crippen MR) is 273 cm³/mol. The molecule has 0 spiro atoms. The smallest absolute Gasteiger partial charge is 1.00 e. The first kappa shape index (κ1) is 50.8. The van der Waals surface area contributed by atoms with Gasteiger partial charge in [-0.05, 0) is 120 Å². The Morgan fingerprint density at radius 2 is 0.970 bits per heavy atom. The van der Waals surface area contributed by atoms with Crippen LogP contribution in [0.5, 0.6) is 0 Å². The number of carbonyl (C=O) groups is 2. The predicted octanol–water partition coefficient (Wildman–Crippen LogP) is 10.2. The number of nitrogens with zero attached hydrogens (tertiary/aromatic N) is 4. The number of piperazine rings is 2. The molecule has 9 rings (SSSR count). The fraction of sp³-hybridized carbons (Fsp3) is 0.308. The molecule has 2 N–H and O–H groups in total. The molecule has 10 nitrogen and oxygen atoms in total. The molecule has 2 saturated heterocycles. The number of hydrogen-bond acceptors (Lipinski definition) is 9. The van der Waals surface area contributed by atoms with E-state index >= 15 is 0 Å². The molecule has 4 heterocycles. The zero-order valence-corrected chi connectivity index (χ0v) is 43.6. The zero-order chi connectivity index (χ0) is 45.8. The van der Waals surface area contributed by atoms with Crippen molar-refractivity contribution in [2.45, 2.75) is 72.3 Å². The van der Waals surface area contributed by atoms with Gasteiger partial charge in [0.15, 0.2) is 0 Å². The molecule has 0 aliphatic carbocycles. The third kappa shape index (κ3) is 15.2. The van der Waals surface area contributed by atoms with E-state index in [2.05, 4.69) is 141 Å². The maximum atomic E-state index is 12.3. The molecule has 2 aliphatic heterocycles. The first-order chi connectivity index (χ1) is 31.3. The maximum Gasteiger partial charge on any atom is 1.00 e. The van der Waals surface area contributed by atoms with Gasteiger partial charge in [-0.25, -0.2) is 9.59 Å². The van der Waals surface area contributed by atoms with Gasteiger partial charge in [-0.2, -0.15) is 0 Å². The Kier molecular flexibility index (Phi) is 18.4. The Balaban J connectivity index is 0.000000196. The van der Waals surface area contributed by atoms with Crippen molar-refractivity contribution >= 4 is 78.7 Å². The molecule has 14 heteroatoms. The van der Waals surface area contributed by atoms with Gasteiger partial charge in [0.1, 0.15) is 11.2 Å². The molecular weight excluding hydrogens is 892 g/mol. The molecule has 2 amide bonds. The molecule has 0 saturated carbocycles. The van der Waals surface area contributed by atoms with Crippen LogP contribution in [0.2, 0.25) is 0 Å². The summed E-state index contributed by atoms with van der Waals surface area (Å²) in [6.07, 6.45) is 3.59. The monoisotopic (exact) mass is 952 g/mol. The first-order valence-electron chi connectivity index (χ1n) is 22.1. The van der Waals surface area contributed by atoms with Crippen molar-refractivity contribution in [1.29, 1.82) is 0 Å². The number of carbonyl (C=O) groups excluding carboxylic acids is 2. The number of aromatic amines is 2. The number of ether oxygens (including phenoxy) is 2. The van der Waals surface area contributed by atoms with Crippen molar-refractivity contribution in [2.75, 3.05) is 62.2 Å². The summed E-state index contributed by atoms with van der Waals surface area (Å²) in [5.74, 6) is 0. The Morgan fingerprint density at radius 1 is 0.530 bits per heavy atom. The molecule has 342 valence electrons. The van der Waals surface area contributed by atoms with E-state index in [1.54, 1.807) is 43.1 Å². The van der Waals surface area contributed by atoms with Crippen molar-refractivity contribution in [3.63, 3.8) is 0 Å². The number of anilines is 2. The molecule has 66 heavy (non-hydrogen) atoms. The molecule has 0 bridgehead atoms. The van der Waals surface area contributed by atoms with Crippen LogP contribution in [0, 0.1) is 0 Å². The van der Waals surface area contributed by atoms with E-state index in [4.69, 9.17) is 9.47 Å². The Labute approximate surface area is 425 Å². The summed E-state index contributed by atoms with van der Waals surface area (Å²) in [7, 11) is 3.58. The number of amides is 2. The standard InChI is InChI=1S/C23H27N3O2S.C17H23N3O2.C12H10S2.Na.H/c1-23(2,3)28-22(27)26-13-11-25(12-14-26)17-9-10-20-19(15-17)21(16-24-20)29-18-7-5-4-6-8-18;1-17(2,3)22-16(21)20-10-8-19(9-11-20)14-4-5-15-13(12-14)6-7-18-15;1-3-7-11(8-4-1)13-14-12-9-5-2-6-10-12;;/h4-10,15-16,24H,11-14H2,1-3H3;4-7,12,18H,8-11H2,1-3H3;1-10H;;/q;;;+1;-1. The van der Waals surface area contributed by atoms with Crippen LogP contribution in [0.15, 0.2) is 165 Å². The third-order valence-corrected chi connectivity index (χ3v) is 13.9. The number of H-pyrrole nitrogens is 2. The molecule has 7 aromatic rings. The van der Waals surface area contributed by atoms with Gasteiger partial charge < -0.3 is 40.5 Å². The van der Waals surface area contributed by atoms with E-state index in [9.17, 15) is 9.59 Å². The zero-order valence-electron chi connectivity index (χ0n) is 40.2. The summed E-state index contributed by atoms with van der Waals surface area (Å²) in [6.45, 7) is 17.4. The van der Waals surface area contributed by atoms with Crippen molar-refractivity contribution in [2.24, 2.45) is 0 Å². The van der Waals surface area contributed by atoms with Crippen LogP contribution >= 0.6 is 33.3 Å². The average Bonchev–Trinajstić information content (AvgIpc) is 3.95. The first-order valence-corrected chi connectivity index (χ1v) is 25.0. The Bertz CT molecular complexity index is 2550. The summed E-state index contributed by atoms with van der Waals surface area (Å²) < 4.78 is 10.9.